The van der Waals surface area contributed by atoms with Gasteiger partial charge in [0.25, 0.3) is 5.91 Å². The van der Waals surface area contributed by atoms with Crippen molar-refractivity contribution in [1.82, 2.24) is 15.0 Å². The number of halogens is 3. The van der Waals surface area contributed by atoms with Crippen LogP contribution in [0.4, 0.5) is 4.39 Å². The van der Waals surface area contributed by atoms with Gasteiger partial charge in [-0.15, -0.1) is 0 Å². The number of carbonyl (C=O) groups is 1. The lowest BCUT2D eigenvalue weighted by Gasteiger charge is -2.33. The molecule has 28 heavy (non-hydrogen) atoms. The van der Waals surface area contributed by atoms with Gasteiger partial charge in [0.2, 0.25) is 11.7 Å². The Morgan fingerprint density at radius 2 is 1.82 bits per heavy atom. The Bertz CT molecular complexity index is 987. The van der Waals surface area contributed by atoms with E-state index >= 15 is 0 Å². The molecule has 1 aliphatic heterocycles. The van der Waals surface area contributed by atoms with Gasteiger partial charge in [-0.05, 0) is 61.7 Å². The molecule has 0 bridgehead atoms. The first kappa shape index (κ1) is 18.9. The Morgan fingerprint density at radius 3 is 2.54 bits per heavy atom. The van der Waals surface area contributed by atoms with Gasteiger partial charge in [-0.3, -0.25) is 4.79 Å². The minimum Gasteiger partial charge on any atom is -0.337 e. The fraction of sp³-hybridized carbons (Fsp3) is 0.250. The lowest BCUT2D eigenvalue weighted by atomic mass is 10.0. The lowest BCUT2D eigenvalue weighted by molar-refractivity contribution is 0.0561. The van der Waals surface area contributed by atoms with Crippen molar-refractivity contribution in [3.63, 3.8) is 0 Å². The fourth-order valence-electron chi connectivity index (χ4n) is 3.36. The summed E-state index contributed by atoms with van der Waals surface area (Å²) in [7, 11) is 0. The zero-order valence-corrected chi connectivity index (χ0v) is 16.3. The largest absolute Gasteiger partial charge is 0.337 e. The molecule has 2 aromatic carbocycles. The molecule has 1 fully saturated rings. The van der Waals surface area contributed by atoms with Crippen molar-refractivity contribution in [2.45, 2.75) is 25.3 Å². The number of piperidine rings is 1. The molecule has 3 aromatic rings. The van der Waals surface area contributed by atoms with Crippen LogP contribution in [-0.2, 0) is 0 Å². The van der Waals surface area contributed by atoms with E-state index in [1.165, 1.54) is 12.1 Å². The predicted molar refractivity (Wildman–Crippen MR) is 104 cm³/mol. The number of carbonyl (C=O) groups excluding carboxylic acids is 1. The number of nitrogens with zero attached hydrogens (tertiary/aromatic N) is 3. The number of likely N-dealkylation sites (tertiary alicyclic amines) is 1. The maximum atomic E-state index is 13.1. The molecule has 0 radical (unpaired) electrons. The summed E-state index contributed by atoms with van der Waals surface area (Å²) in [5.41, 5.74) is 1.06. The molecule has 1 aromatic heterocycles. The van der Waals surface area contributed by atoms with Gasteiger partial charge in [-0.25, -0.2) is 4.39 Å². The van der Waals surface area contributed by atoms with E-state index < -0.39 is 0 Å². The average Bonchev–Trinajstić information content (AvgIpc) is 3.17. The van der Waals surface area contributed by atoms with Gasteiger partial charge in [0, 0.05) is 27.7 Å². The van der Waals surface area contributed by atoms with Gasteiger partial charge in [0.05, 0.1) is 0 Å². The van der Waals surface area contributed by atoms with Crippen molar-refractivity contribution >= 4 is 29.1 Å². The Morgan fingerprint density at radius 1 is 1.11 bits per heavy atom. The SMILES string of the molecule is O=C(c1cc(Cl)cc(Cl)c1)N1CCCCC1c1nc(-c2ccc(F)cc2)no1. The van der Waals surface area contributed by atoms with Gasteiger partial charge in [-0.1, -0.05) is 28.4 Å². The summed E-state index contributed by atoms with van der Waals surface area (Å²) in [6, 6.07) is 10.3. The Hall–Kier alpha value is -2.44. The van der Waals surface area contributed by atoms with Crippen LogP contribution in [0.1, 0.15) is 41.6 Å². The van der Waals surface area contributed by atoms with E-state index in [1.807, 2.05) is 0 Å². The minimum atomic E-state index is -0.336. The molecule has 1 saturated heterocycles. The highest BCUT2D eigenvalue weighted by Gasteiger charge is 2.33. The molecule has 2 heterocycles. The van der Waals surface area contributed by atoms with Crippen molar-refractivity contribution in [1.29, 1.82) is 0 Å². The second-order valence-electron chi connectivity index (χ2n) is 6.63. The molecule has 8 heteroatoms. The van der Waals surface area contributed by atoms with E-state index in [-0.39, 0.29) is 17.8 Å². The van der Waals surface area contributed by atoms with E-state index in [1.54, 1.807) is 35.2 Å². The van der Waals surface area contributed by atoms with Crippen molar-refractivity contribution in [3.8, 4) is 11.4 Å². The molecule has 1 aliphatic rings. The molecule has 144 valence electrons. The average molecular weight is 420 g/mol. The van der Waals surface area contributed by atoms with Crippen LogP contribution in [0.25, 0.3) is 11.4 Å². The Labute approximate surface area is 171 Å². The molecule has 1 unspecified atom stereocenters. The normalized spacial score (nSPS) is 17.0. The van der Waals surface area contributed by atoms with Crippen LogP contribution in [0, 0.1) is 5.82 Å². The third-order valence-corrected chi connectivity index (χ3v) is 5.14. The molecule has 0 N–H and O–H groups in total. The van der Waals surface area contributed by atoms with Crippen molar-refractivity contribution in [2.75, 3.05) is 6.54 Å². The molecule has 0 spiro atoms. The molecule has 1 amide bonds. The lowest BCUT2D eigenvalue weighted by Crippen LogP contribution is -2.38. The second kappa shape index (κ2) is 7.89. The summed E-state index contributed by atoms with van der Waals surface area (Å²) in [5, 5.41) is 4.80. The molecule has 0 saturated carbocycles. The first-order valence-corrected chi connectivity index (χ1v) is 9.63. The highest BCUT2D eigenvalue weighted by molar-refractivity contribution is 6.35. The van der Waals surface area contributed by atoms with E-state index in [4.69, 9.17) is 27.7 Å². The van der Waals surface area contributed by atoms with Gasteiger partial charge in [0.15, 0.2) is 0 Å². The van der Waals surface area contributed by atoms with Crippen LogP contribution in [-0.4, -0.2) is 27.5 Å². The van der Waals surface area contributed by atoms with Crippen LogP contribution >= 0.6 is 23.2 Å². The molecule has 1 atom stereocenters. The zero-order valence-electron chi connectivity index (χ0n) is 14.7. The van der Waals surface area contributed by atoms with Gasteiger partial charge in [-0.2, -0.15) is 4.98 Å². The number of amides is 1. The quantitative estimate of drug-likeness (QED) is 0.558. The fourth-order valence-corrected chi connectivity index (χ4v) is 3.89. The van der Waals surface area contributed by atoms with Crippen LogP contribution in [0.3, 0.4) is 0 Å². The van der Waals surface area contributed by atoms with E-state index in [9.17, 15) is 9.18 Å². The highest BCUT2D eigenvalue weighted by Crippen LogP contribution is 2.33. The summed E-state index contributed by atoms with van der Waals surface area (Å²) >= 11 is 12.1. The predicted octanol–water partition coefficient (Wildman–Crippen LogP) is 5.55. The van der Waals surface area contributed by atoms with Crippen LogP contribution < -0.4 is 0 Å². The van der Waals surface area contributed by atoms with E-state index in [0.29, 0.717) is 45.9 Å². The Balaban J connectivity index is 1.62. The third kappa shape index (κ3) is 3.88. The maximum Gasteiger partial charge on any atom is 0.254 e. The number of benzene rings is 2. The van der Waals surface area contributed by atoms with Gasteiger partial charge in [0.1, 0.15) is 11.9 Å². The summed E-state index contributed by atoms with van der Waals surface area (Å²) in [6.45, 7) is 0.571. The van der Waals surface area contributed by atoms with Crippen LogP contribution in [0.2, 0.25) is 10.0 Å². The maximum absolute atomic E-state index is 13.1. The molecular weight excluding hydrogens is 404 g/mol. The van der Waals surface area contributed by atoms with Crippen molar-refractivity contribution in [2.24, 2.45) is 0 Å². The standard InChI is InChI=1S/C20H16Cl2FN3O2/c21-14-9-13(10-15(22)11-14)20(27)26-8-2-1-3-17(26)19-24-18(25-28-19)12-4-6-16(23)7-5-12/h4-7,9-11,17H,1-3,8H2. The summed E-state index contributed by atoms with van der Waals surface area (Å²) in [4.78, 5) is 19.2. The second-order valence-corrected chi connectivity index (χ2v) is 7.50. The Kier molecular flexibility index (Phi) is 5.33. The number of hydrogen-bond donors (Lipinski definition) is 0. The zero-order chi connectivity index (χ0) is 19.7. The monoisotopic (exact) mass is 419 g/mol. The molecule has 0 aliphatic carbocycles. The molecular formula is C20H16Cl2FN3O2. The first-order valence-electron chi connectivity index (χ1n) is 8.88. The van der Waals surface area contributed by atoms with Gasteiger partial charge >= 0.3 is 0 Å². The van der Waals surface area contributed by atoms with Crippen molar-refractivity contribution < 1.29 is 13.7 Å². The first-order chi connectivity index (χ1) is 13.5. The molecule has 5 nitrogen and oxygen atoms in total. The number of aromatic nitrogens is 2. The summed E-state index contributed by atoms with van der Waals surface area (Å²) in [6.07, 6.45) is 2.54. The van der Waals surface area contributed by atoms with Crippen LogP contribution in [0.5, 0.6) is 0 Å². The molecule has 4 rings (SSSR count). The highest BCUT2D eigenvalue weighted by atomic mass is 35.5. The van der Waals surface area contributed by atoms with Crippen LogP contribution in [0.15, 0.2) is 47.0 Å². The number of rotatable bonds is 3. The van der Waals surface area contributed by atoms with E-state index in [0.717, 1.165) is 12.8 Å². The van der Waals surface area contributed by atoms with Gasteiger partial charge < -0.3 is 9.42 Å². The third-order valence-electron chi connectivity index (χ3n) is 4.70. The summed E-state index contributed by atoms with van der Waals surface area (Å²) in [5.74, 6) is 0.201. The topological polar surface area (TPSA) is 59.2 Å². The van der Waals surface area contributed by atoms with Crippen molar-refractivity contribution in [3.05, 3.63) is 69.8 Å². The van der Waals surface area contributed by atoms with E-state index in [2.05, 4.69) is 10.1 Å². The minimum absolute atomic E-state index is 0.185. The number of hydrogen-bond acceptors (Lipinski definition) is 4. The summed E-state index contributed by atoms with van der Waals surface area (Å²) < 4.78 is 18.6. The smallest absolute Gasteiger partial charge is 0.254 e.